The predicted octanol–water partition coefficient (Wildman–Crippen LogP) is 2.67. The van der Waals surface area contributed by atoms with Crippen LogP contribution in [0.15, 0.2) is 24.3 Å². The molecule has 84 valence electrons. The van der Waals surface area contributed by atoms with Crippen LogP contribution in [-0.2, 0) is 4.74 Å². The van der Waals surface area contributed by atoms with Gasteiger partial charge in [0.15, 0.2) is 0 Å². The maximum atomic E-state index is 12.8. The molecule has 0 aliphatic rings. The van der Waals surface area contributed by atoms with Crippen LogP contribution < -0.4 is 0 Å². The molecular formula is C12H12FNO2. The van der Waals surface area contributed by atoms with Crippen molar-refractivity contribution in [3.63, 3.8) is 0 Å². The standard InChI is InChI=1S/C12H12FNO2/c1-2-11(6-7-14)16-12(15)9-4-3-5-10(13)8-9/h3-5,8,11H,2,6H2,1H3/t11-/m1/s1. The van der Waals surface area contributed by atoms with Gasteiger partial charge in [0.1, 0.15) is 11.9 Å². The molecular weight excluding hydrogens is 209 g/mol. The van der Waals surface area contributed by atoms with Gasteiger partial charge in [-0.3, -0.25) is 0 Å². The van der Waals surface area contributed by atoms with E-state index in [-0.39, 0.29) is 12.0 Å². The van der Waals surface area contributed by atoms with Gasteiger partial charge in [-0.25, -0.2) is 9.18 Å². The van der Waals surface area contributed by atoms with Crippen LogP contribution in [0.1, 0.15) is 30.1 Å². The van der Waals surface area contributed by atoms with Gasteiger partial charge in [0, 0.05) is 0 Å². The average Bonchev–Trinajstić information content (AvgIpc) is 2.28. The first kappa shape index (κ1) is 12.2. The summed E-state index contributed by atoms with van der Waals surface area (Å²) in [5, 5.41) is 8.49. The van der Waals surface area contributed by atoms with Crippen molar-refractivity contribution in [3.05, 3.63) is 35.6 Å². The Morgan fingerprint density at radius 2 is 2.38 bits per heavy atom. The van der Waals surface area contributed by atoms with Crippen molar-refractivity contribution < 1.29 is 13.9 Å². The Kier molecular flexibility index (Phi) is 4.46. The summed E-state index contributed by atoms with van der Waals surface area (Å²) >= 11 is 0. The summed E-state index contributed by atoms with van der Waals surface area (Å²) in [7, 11) is 0. The number of hydrogen-bond donors (Lipinski definition) is 0. The molecule has 0 saturated heterocycles. The minimum absolute atomic E-state index is 0.150. The minimum atomic E-state index is -0.596. The quantitative estimate of drug-likeness (QED) is 0.734. The van der Waals surface area contributed by atoms with E-state index in [9.17, 15) is 9.18 Å². The van der Waals surface area contributed by atoms with Gasteiger partial charge in [-0.1, -0.05) is 13.0 Å². The van der Waals surface area contributed by atoms with Crippen LogP contribution in [0.5, 0.6) is 0 Å². The highest BCUT2D eigenvalue weighted by atomic mass is 19.1. The molecule has 1 atom stereocenters. The van der Waals surface area contributed by atoms with Gasteiger partial charge in [-0.15, -0.1) is 0 Å². The van der Waals surface area contributed by atoms with Crippen LogP contribution in [-0.4, -0.2) is 12.1 Å². The summed E-state index contributed by atoms with van der Waals surface area (Å²) in [6.45, 7) is 1.82. The molecule has 16 heavy (non-hydrogen) atoms. The average molecular weight is 221 g/mol. The van der Waals surface area contributed by atoms with Crippen LogP contribution >= 0.6 is 0 Å². The molecule has 0 aromatic heterocycles. The Morgan fingerprint density at radius 1 is 1.62 bits per heavy atom. The van der Waals surface area contributed by atoms with Gasteiger partial charge < -0.3 is 4.74 Å². The van der Waals surface area contributed by atoms with E-state index in [1.165, 1.54) is 18.2 Å². The number of halogens is 1. The fourth-order valence-corrected chi connectivity index (χ4v) is 1.21. The molecule has 0 unspecified atom stereocenters. The van der Waals surface area contributed by atoms with Crippen LogP contribution in [0.4, 0.5) is 4.39 Å². The van der Waals surface area contributed by atoms with E-state index in [4.69, 9.17) is 10.00 Å². The molecule has 0 N–H and O–H groups in total. The molecule has 0 amide bonds. The highest BCUT2D eigenvalue weighted by Crippen LogP contribution is 2.10. The van der Waals surface area contributed by atoms with E-state index in [2.05, 4.69) is 0 Å². The fourth-order valence-electron chi connectivity index (χ4n) is 1.21. The third kappa shape index (κ3) is 3.35. The van der Waals surface area contributed by atoms with Gasteiger partial charge >= 0.3 is 5.97 Å². The van der Waals surface area contributed by atoms with Gasteiger partial charge in [-0.05, 0) is 24.6 Å². The van der Waals surface area contributed by atoms with Gasteiger partial charge in [-0.2, -0.15) is 5.26 Å². The molecule has 0 spiro atoms. The second-order valence-corrected chi connectivity index (χ2v) is 3.31. The highest BCUT2D eigenvalue weighted by Gasteiger charge is 2.14. The Labute approximate surface area is 93.5 Å². The van der Waals surface area contributed by atoms with E-state index in [1.54, 1.807) is 0 Å². The third-order valence-corrected chi connectivity index (χ3v) is 2.11. The molecule has 0 heterocycles. The van der Waals surface area contributed by atoms with E-state index < -0.39 is 17.9 Å². The lowest BCUT2D eigenvalue weighted by molar-refractivity contribution is 0.0303. The van der Waals surface area contributed by atoms with Crippen molar-refractivity contribution in [3.8, 4) is 6.07 Å². The van der Waals surface area contributed by atoms with Crippen molar-refractivity contribution in [1.82, 2.24) is 0 Å². The van der Waals surface area contributed by atoms with Crippen LogP contribution in [0.2, 0.25) is 0 Å². The Hall–Kier alpha value is -1.89. The Balaban J connectivity index is 2.68. The van der Waals surface area contributed by atoms with Gasteiger partial charge in [0.2, 0.25) is 0 Å². The van der Waals surface area contributed by atoms with Crippen LogP contribution in [0, 0.1) is 17.1 Å². The summed E-state index contributed by atoms with van der Waals surface area (Å²) in [5.74, 6) is -1.08. The maximum Gasteiger partial charge on any atom is 0.338 e. The van der Waals surface area contributed by atoms with Crippen LogP contribution in [0.25, 0.3) is 0 Å². The van der Waals surface area contributed by atoms with E-state index in [1.807, 2.05) is 13.0 Å². The molecule has 0 aliphatic heterocycles. The van der Waals surface area contributed by atoms with Crippen molar-refractivity contribution >= 4 is 5.97 Å². The number of ether oxygens (including phenoxy) is 1. The molecule has 0 saturated carbocycles. The second-order valence-electron chi connectivity index (χ2n) is 3.31. The minimum Gasteiger partial charge on any atom is -0.458 e. The number of nitrogens with zero attached hydrogens (tertiary/aromatic N) is 1. The normalized spacial score (nSPS) is 11.6. The Morgan fingerprint density at radius 3 is 2.94 bits per heavy atom. The number of hydrogen-bond acceptors (Lipinski definition) is 3. The zero-order chi connectivity index (χ0) is 12.0. The Bertz CT molecular complexity index is 412. The highest BCUT2D eigenvalue weighted by molar-refractivity contribution is 5.89. The first-order valence-corrected chi connectivity index (χ1v) is 5.01. The molecule has 0 bridgehead atoms. The molecule has 3 nitrogen and oxygen atoms in total. The second kappa shape index (κ2) is 5.86. The van der Waals surface area contributed by atoms with Gasteiger partial charge in [0.25, 0.3) is 0 Å². The predicted molar refractivity (Wildman–Crippen MR) is 56.1 cm³/mol. The summed E-state index contributed by atoms with van der Waals surface area (Å²) in [6.07, 6.45) is 0.285. The molecule has 1 aromatic rings. The number of benzene rings is 1. The number of carbonyl (C=O) groups is 1. The maximum absolute atomic E-state index is 12.8. The van der Waals surface area contributed by atoms with E-state index in [0.717, 1.165) is 6.07 Å². The van der Waals surface area contributed by atoms with Crippen molar-refractivity contribution in [2.75, 3.05) is 0 Å². The molecule has 0 aliphatic carbocycles. The molecule has 1 rings (SSSR count). The summed E-state index contributed by atoms with van der Waals surface area (Å²) < 4.78 is 17.9. The van der Waals surface area contributed by atoms with E-state index in [0.29, 0.717) is 6.42 Å². The monoisotopic (exact) mass is 221 g/mol. The lowest BCUT2D eigenvalue weighted by atomic mass is 10.2. The molecule has 4 heteroatoms. The smallest absolute Gasteiger partial charge is 0.338 e. The third-order valence-electron chi connectivity index (χ3n) is 2.11. The fraction of sp³-hybridized carbons (Fsp3) is 0.333. The van der Waals surface area contributed by atoms with Crippen molar-refractivity contribution in [2.24, 2.45) is 0 Å². The molecule has 1 aromatic carbocycles. The number of rotatable bonds is 4. The summed E-state index contributed by atoms with van der Waals surface area (Å²) in [4.78, 5) is 11.5. The number of nitriles is 1. The van der Waals surface area contributed by atoms with Crippen molar-refractivity contribution in [2.45, 2.75) is 25.9 Å². The topological polar surface area (TPSA) is 50.1 Å². The number of carbonyl (C=O) groups excluding carboxylic acids is 1. The van der Waals surface area contributed by atoms with Crippen molar-refractivity contribution in [1.29, 1.82) is 5.26 Å². The summed E-state index contributed by atoms with van der Waals surface area (Å²) in [5.41, 5.74) is 0.163. The van der Waals surface area contributed by atoms with E-state index >= 15 is 0 Å². The zero-order valence-electron chi connectivity index (χ0n) is 8.94. The van der Waals surface area contributed by atoms with Crippen LogP contribution in [0.3, 0.4) is 0 Å². The first-order valence-electron chi connectivity index (χ1n) is 5.01. The SMILES string of the molecule is CC[C@H](CC#N)OC(=O)c1cccc(F)c1. The number of esters is 1. The zero-order valence-corrected chi connectivity index (χ0v) is 8.94. The molecule has 0 radical (unpaired) electrons. The lowest BCUT2D eigenvalue weighted by Gasteiger charge is -2.12. The largest absolute Gasteiger partial charge is 0.458 e. The summed E-state index contributed by atoms with van der Waals surface area (Å²) in [6, 6.07) is 7.22. The lowest BCUT2D eigenvalue weighted by Crippen LogP contribution is -2.17. The first-order chi connectivity index (χ1) is 7.67. The molecule has 0 fully saturated rings. The van der Waals surface area contributed by atoms with Gasteiger partial charge in [0.05, 0.1) is 18.1 Å².